The Morgan fingerprint density at radius 1 is 1.31 bits per heavy atom. The molecule has 0 bridgehead atoms. The molecule has 13 heavy (non-hydrogen) atoms. The van der Waals surface area contributed by atoms with Crippen LogP contribution in [0.15, 0.2) is 0 Å². The molecule has 1 heterocycles. The maximum absolute atomic E-state index is 11.5. The van der Waals surface area contributed by atoms with Crippen LogP contribution in [0.1, 0.15) is 27.2 Å². The topological polar surface area (TPSA) is 58.2 Å². The molecule has 2 amide bonds. The van der Waals surface area contributed by atoms with Gasteiger partial charge >= 0.3 is 0 Å². The summed E-state index contributed by atoms with van der Waals surface area (Å²) in [6.45, 7) is 6.24. The van der Waals surface area contributed by atoms with Crippen LogP contribution in [-0.2, 0) is 9.59 Å². The Labute approximate surface area is 78.1 Å². The highest BCUT2D eigenvalue weighted by Crippen LogP contribution is 2.20. The smallest absolute Gasteiger partial charge is 0.243 e. The molecule has 1 aliphatic heterocycles. The van der Waals surface area contributed by atoms with E-state index in [0.29, 0.717) is 13.0 Å². The van der Waals surface area contributed by atoms with Gasteiger partial charge in [-0.05, 0) is 5.41 Å². The van der Waals surface area contributed by atoms with E-state index in [9.17, 15) is 9.59 Å². The van der Waals surface area contributed by atoms with Crippen LogP contribution in [0.25, 0.3) is 0 Å². The molecule has 0 radical (unpaired) electrons. The molecule has 0 aliphatic carbocycles. The standard InChI is InChI=1S/C9H16N2O2/c1-9(2,3)7-8(13)10-5-4-6(12)11-7/h7H,4-5H2,1-3H3,(H,10,13)(H,11,12). The molecular weight excluding hydrogens is 168 g/mol. The Kier molecular flexibility index (Phi) is 2.59. The number of carbonyl (C=O) groups excluding carboxylic acids is 2. The lowest BCUT2D eigenvalue weighted by Crippen LogP contribution is -2.50. The minimum atomic E-state index is -0.414. The Hall–Kier alpha value is -1.06. The summed E-state index contributed by atoms with van der Waals surface area (Å²) in [6, 6.07) is -0.414. The van der Waals surface area contributed by atoms with Crippen LogP contribution in [0.3, 0.4) is 0 Å². The highest BCUT2D eigenvalue weighted by Gasteiger charge is 2.33. The second-order valence-corrected chi connectivity index (χ2v) is 4.41. The van der Waals surface area contributed by atoms with Gasteiger partial charge in [-0.25, -0.2) is 0 Å². The van der Waals surface area contributed by atoms with Crippen molar-refractivity contribution in [1.82, 2.24) is 10.6 Å². The van der Waals surface area contributed by atoms with Gasteiger partial charge in [-0.1, -0.05) is 20.8 Å². The second kappa shape index (κ2) is 3.36. The zero-order valence-corrected chi connectivity index (χ0v) is 8.31. The molecular formula is C9H16N2O2. The van der Waals surface area contributed by atoms with E-state index in [1.807, 2.05) is 20.8 Å². The van der Waals surface area contributed by atoms with Gasteiger partial charge in [0, 0.05) is 13.0 Å². The van der Waals surface area contributed by atoms with Crippen LogP contribution in [0, 0.1) is 5.41 Å². The molecule has 4 nitrogen and oxygen atoms in total. The van der Waals surface area contributed by atoms with Gasteiger partial charge in [0.1, 0.15) is 6.04 Å². The molecule has 0 aromatic heterocycles. The molecule has 1 rings (SSSR count). The van der Waals surface area contributed by atoms with Crippen molar-refractivity contribution in [3.8, 4) is 0 Å². The van der Waals surface area contributed by atoms with E-state index in [1.165, 1.54) is 0 Å². The molecule has 0 spiro atoms. The molecule has 4 heteroatoms. The summed E-state index contributed by atoms with van der Waals surface area (Å²) < 4.78 is 0. The zero-order valence-electron chi connectivity index (χ0n) is 8.31. The summed E-state index contributed by atoms with van der Waals surface area (Å²) in [5.41, 5.74) is -0.232. The number of rotatable bonds is 0. The van der Waals surface area contributed by atoms with Crippen molar-refractivity contribution in [3.05, 3.63) is 0 Å². The average molecular weight is 184 g/mol. The van der Waals surface area contributed by atoms with Gasteiger partial charge in [0.25, 0.3) is 0 Å². The summed E-state index contributed by atoms with van der Waals surface area (Å²) in [5.74, 6) is -0.142. The van der Waals surface area contributed by atoms with Crippen molar-refractivity contribution in [2.75, 3.05) is 6.54 Å². The van der Waals surface area contributed by atoms with Crippen molar-refractivity contribution in [1.29, 1.82) is 0 Å². The van der Waals surface area contributed by atoms with Crippen molar-refractivity contribution >= 4 is 11.8 Å². The third-order valence-electron chi connectivity index (χ3n) is 2.08. The maximum atomic E-state index is 11.5. The van der Waals surface area contributed by atoms with E-state index in [0.717, 1.165) is 0 Å². The molecule has 0 aromatic carbocycles. The summed E-state index contributed by atoms with van der Waals surface area (Å²) >= 11 is 0. The van der Waals surface area contributed by atoms with Crippen LogP contribution in [0.2, 0.25) is 0 Å². The molecule has 1 aliphatic rings. The fraction of sp³-hybridized carbons (Fsp3) is 0.778. The van der Waals surface area contributed by atoms with Gasteiger partial charge in [-0.15, -0.1) is 0 Å². The Morgan fingerprint density at radius 2 is 1.92 bits per heavy atom. The maximum Gasteiger partial charge on any atom is 0.243 e. The van der Waals surface area contributed by atoms with Crippen LogP contribution in [0.5, 0.6) is 0 Å². The van der Waals surface area contributed by atoms with Gasteiger partial charge in [-0.2, -0.15) is 0 Å². The number of amides is 2. The molecule has 74 valence electrons. The monoisotopic (exact) mass is 184 g/mol. The van der Waals surface area contributed by atoms with Crippen LogP contribution >= 0.6 is 0 Å². The Balaban J connectivity index is 2.79. The molecule has 0 saturated carbocycles. The lowest BCUT2D eigenvalue weighted by Gasteiger charge is -2.28. The normalized spacial score (nSPS) is 24.7. The van der Waals surface area contributed by atoms with E-state index in [1.54, 1.807) is 0 Å². The zero-order chi connectivity index (χ0) is 10.1. The van der Waals surface area contributed by atoms with Crippen molar-refractivity contribution in [3.63, 3.8) is 0 Å². The molecule has 1 atom stereocenters. The highest BCUT2D eigenvalue weighted by molar-refractivity contribution is 5.90. The minimum absolute atomic E-state index is 0.0572. The largest absolute Gasteiger partial charge is 0.354 e. The van der Waals surface area contributed by atoms with Crippen molar-refractivity contribution in [2.45, 2.75) is 33.2 Å². The first-order valence-corrected chi connectivity index (χ1v) is 4.48. The van der Waals surface area contributed by atoms with E-state index in [2.05, 4.69) is 10.6 Å². The minimum Gasteiger partial charge on any atom is -0.354 e. The fourth-order valence-electron chi connectivity index (χ4n) is 1.31. The quantitative estimate of drug-likeness (QED) is 0.558. The Bertz CT molecular complexity index is 230. The average Bonchev–Trinajstić information content (AvgIpc) is 2.11. The number of nitrogens with one attached hydrogen (secondary N) is 2. The first-order valence-electron chi connectivity index (χ1n) is 4.48. The van der Waals surface area contributed by atoms with E-state index >= 15 is 0 Å². The highest BCUT2D eigenvalue weighted by atomic mass is 16.2. The van der Waals surface area contributed by atoms with Crippen molar-refractivity contribution in [2.24, 2.45) is 5.41 Å². The van der Waals surface area contributed by atoms with Crippen LogP contribution < -0.4 is 10.6 Å². The first kappa shape index (κ1) is 10.0. The number of carbonyl (C=O) groups is 2. The first-order chi connectivity index (χ1) is 5.91. The molecule has 1 unspecified atom stereocenters. The summed E-state index contributed by atoms with van der Waals surface area (Å²) in [6.07, 6.45) is 0.373. The van der Waals surface area contributed by atoms with Gasteiger partial charge in [0.15, 0.2) is 0 Å². The summed E-state index contributed by atoms with van der Waals surface area (Å²) in [4.78, 5) is 22.7. The molecule has 1 saturated heterocycles. The van der Waals surface area contributed by atoms with Gasteiger partial charge < -0.3 is 10.6 Å². The molecule has 2 N–H and O–H groups in total. The summed E-state index contributed by atoms with van der Waals surface area (Å²) in [5, 5.41) is 5.43. The van der Waals surface area contributed by atoms with Gasteiger partial charge in [0.2, 0.25) is 11.8 Å². The van der Waals surface area contributed by atoms with Gasteiger partial charge in [0.05, 0.1) is 0 Å². The van der Waals surface area contributed by atoms with E-state index in [-0.39, 0.29) is 17.2 Å². The van der Waals surface area contributed by atoms with Gasteiger partial charge in [-0.3, -0.25) is 9.59 Å². The third-order valence-corrected chi connectivity index (χ3v) is 2.08. The van der Waals surface area contributed by atoms with E-state index in [4.69, 9.17) is 0 Å². The predicted molar refractivity (Wildman–Crippen MR) is 49.0 cm³/mol. The second-order valence-electron chi connectivity index (χ2n) is 4.41. The molecule has 1 fully saturated rings. The lowest BCUT2D eigenvalue weighted by atomic mass is 9.86. The van der Waals surface area contributed by atoms with E-state index < -0.39 is 6.04 Å². The van der Waals surface area contributed by atoms with Crippen LogP contribution in [-0.4, -0.2) is 24.4 Å². The SMILES string of the molecule is CC(C)(C)C1NC(=O)CCNC1=O. The fourth-order valence-corrected chi connectivity index (χ4v) is 1.31. The lowest BCUT2D eigenvalue weighted by molar-refractivity contribution is -0.129. The number of hydrogen-bond acceptors (Lipinski definition) is 2. The molecule has 0 aromatic rings. The Morgan fingerprint density at radius 3 is 2.46 bits per heavy atom. The predicted octanol–water partition coefficient (Wildman–Crippen LogP) is 0.0372. The summed E-state index contributed by atoms with van der Waals surface area (Å²) in [7, 11) is 0. The van der Waals surface area contributed by atoms with Crippen molar-refractivity contribution < 1.29 is 9.59 Å². The third kappa shape index (κ3) is 2.44. The number of hydrogen-bond donors (Lipinski definition) is 2. The van der Waals surface area contributed by atoms with Crippen LogP contribution in [0.4, 0.5) is 0 Å².